The van der Waals surface area contributed by atoms with Crippen molar-refractivity contribution < 1.29 is 9.47 Å². The molecule has 0 amide bonds. The zero-order valence-electron chi connectivity index (χ0n) is 9.28. The molecule has 0 N–H and O–H groups in total. The Morgan fingerprint density at radius 3 is 2.07 bits per heavy atom. The number of ether oxygens (including phenoxy) is 2. The summed E-state index contributed by atoms with van der Waals surface area (Å²) in [5, 5.41) is 0. The lowest BCUT2D eigenvalue weighted by molar-refractivity contribution is -0.0950. The first-order valence-electron chi connectivity index (χ1n) is 4.96. The van der Waals surface area contributed by atoms with Crippen molar-refractivity contribution in [3.8, 4) is 5.75 Å². The van der Waals surface area contributed by atoms with Gasteiger partial charge in [0.25, 0.3) is 0 Å². The summed E-state index contributed by atoms with van der Waals surface area (Å²) in [6.45, 7) is 7.95. The van der Waals surface area contributed by atoms with Crippen LogP contribution >= 0.6 is 0 Å². The highest BCUT2D eigenvalue weighted by molar-refractivity contribution is 5.26. The number of hydrogen-bond acceptors (Lipinski definition) is 2. The monoisotopic (exact) mass is 194 g/mol. The summed E-state index contributed by atoms with van der Waals surface area (Å²) in [6, 6.07) is 7.96. The largest absolute Gasteiger partial charge is 0.465 e. The van der Waals surface area contributed by atoms with Gasteiger partial charge in [-0.15, -0.1) is 0 Å². The molecule has 0 aliphatic carbocycles. The molecule has 0 aliphatic heterocycles. The minimum Gasteiger partial charge on any atom is -0.465 e. The van der Waals surface area contributed by atoms with Crippen LogP contribution < -0.4 is 4.74 Å². The third-order valence-electron chi connectivity index (χ3n) is 1.79. The normalized spacial score (nSPS) is 12.9. The highest BCUT2D eigenvalue weighted by Gasteiger charge is 2.05. The van der Waals surface area contributed by atoms with Crippen LogP contribution in [0.3, 0.4) is 0 Å². The maximum absolute atomic E-state index is 5.56. The van der Waals surface area contributed by atoms with Gasteiger partial charge in [0.1, 0.15) is 5.75 Å². The topological polar surface area (TPSA) is 18.5 Å². The maximum atomic E-state index is 5.56. The van der Waals surface area contributed by atoms with Crippen LogP contribution in [-0.2, 0) is 4.74 Å². The molecule has 1 unspecified atom stereocenters. The van der Waals surface area contributed by atoms with Crippen LogP contribution in [-0.4, -0.2) is 12.4 Å². The lowest BCUT2D eigenvalue weighted by atomic mass is 10.2. The first kappa shape index (κ1) is 11.1. The Kier molecular flexibility index (Phi) is 3.96. The summed E-state index contributed by atoms with van der Waals surface area (Å²) in [5.74, 6) is 0.851. The SMILES string of the molecule is Cc1ccc(OC(C)OC(C)C)cc1. The van der Waals surface area contributed by atoms with Gasteiger partial charge >= 0.3 is 0 Å². The molecular formula is C12H18O2. The Morgan fingerprint density at radius 2 is 1.57 bits per heavy atom. The van der Waals surface area contributed by atoms with Crippen LogP contribution in [0.15, 0.2) is 24.3 Å². The molecule has 0 bridgehead atoms. The average molecular weight is 194 g/mol. The average Bonchev–Trinajstić information content (AvgIpc) is 2.07. The second kappa shape index (κ2) is 5.01. The summed E-state index contributed by atoms with van der Waals surface area (Å²) in [6.07, 6.45) is -0.00634. The molecule has 0 spiro atoms. The van der Waals surface area contributed by atoms with E-state index >= 15 is 0 Å². The van der Waals surface area contributed by atoms with Gasteiger partial charge in [-0.25, -0.2) is 0 Å². The minimum atomic E-state index is -0.197. The van der Waals surface area contributed by atoms with E-state index in [1.807, 2.05) is 45.0 Å². The van der Waals surface area contributed by atoms with Crippen molar-refractivity contribution in [1.29, 1.82) is 0 Å². The first-order valence-corrected chi connectivity index (χ1v) is 4.96. The molecule has 0 fully saturated rings. The van der Waals surface area contributed by atoms with E-state index in [2.05, 4.69) is 6.92 Å². The number of aryl methyl sites for hydroxylation is 1. The Morgan fingerprint density at radius 1 is 1.00 bits per heavy atom. The van der Waals surface area contributed by atoms with Crippen LogP contribution in [0.4, 0.5) is 0 Å². The van der Waals surface area contributed by atoms with Gasteiger partial charge in [0, 0.05) is 0 Å². The lowest BCUT2D eigenvalue weighted by Gasteiger charge is -2.17. The second-order valence-corrected chi connectivity index (χ2v) is 3.68. The van der Waals surface area contributed by atoms with Crippen molar-refractivity contribution in [3.63, 3.8) is 0 Å². The molecule has 0 heterocycles. The molecule has 0 aliphatic rings. The van der Waals surface area contributed by atoms with E-state index in [0.29, 0.717) is 0 Å². The van der Waals surface area contributed by atoms with Crippen molar-refractivity contribution in [1.82, 2.24) is 0 Å². The molecule has 1 aromatic carbocycles. The molecule has 2 nitrogen and oxygen atoms in total. The molecule has 0 saturated carbocycles. The van der Waals surface area contributed by atoms with Gasteiger partial charge in [-0.3, -0.25) is 0 Å². The quantitative estimate of drug-likeness (QED) is 0.685. The summed E-state index contributed by atoms with van der Waals surface area (Å²) in [7, 11) is 0. The molecule has 0 saturated heterocycles. The van der Waals surface area contributed by atoms with E-state index in [1.165, 1.54) is 5.56 Å². The second-order valence-electron chi connectivity index (χ2n) is 3.68. The Balaban J connectivity index is 2.47. The number of benzene rings is 1. The third kappa shape index (κ3) is 3.79. The Bertz CT molecular complexity index is 264. The van der Waals surface area contributed by atoms with Gasteiger partial charge in [-0.1, -0.05) is 17.7 Å². The fourth-order valence-electron chi connectivity index (χ4n) is 1.22. The molecular weight excluding hydrogens is 176 g/mol. The van der Waals surface area contributed by atoms with Crippen molar-refractivity contribution in [3.05, 3.63) is 29.8 Å². The van der Waals surface area contributed by atoms with Crippen molar-refractivity contribution in [2.75, 3.05) is 0 Å². The molecule has 2 heteroatoms. The van der Waals surface area contributed by atoms with Crippen LogP contribution in [0, 0.1) is 6.92 Å². The van der Waals surface area contributed by atoms with Crippen molar-refractivity contribution in [2.45, 2.75) is 40.1 Å². The summed E-state index contributed by atoms with van der Waals surface area (Å²) in [4.78, 5) is 0. The van der Waals surface area contributed by atoms with E-state index in [9.17, 15) is 0 Å². The van der Waals surface area contributed by atoms with Crippen molar-refractivity contribution >= 4 is 0 Å². The van der Waals surface area contributed by atoms with Gasteiger partial charge in [-0.2, -0.15) is 0 Å². The fraction of sp³-hybridized carbons (Fsp3) is 0.500. The highest BCUT2D eigenvalue weighted by Crippen LogP contribution is 2.14. The smallest absolute Gasteiger partial charge is 0.197 e. The van der Waals surface area contributed by atoms with E-state index < -0.39 is 0 Å². The van der Waals surface area contributed by atoms with Crippen LogP contribution in [0.2, 0.25) is 0 Å². The Labute approximate surface area is 85.8 Å². The Hall–Kier alpha value is -1.02. The molecule has 1 rings (SSSR count). The molecule has 78 valence electrons. The number of rotatable bonds is 4. The highest BCUT2D eigenvalue weighted by atomic mass is 16.7. The van der Waals surface area contributed by atoms with Crippen LogP contribution in [0.1, 0.15) is 26.3 Å². The zero-order valence-corrected chi connectivity index (χ0v) is 9.28. The van der Waals surface area contributed by atoms with E-state index in [4.69, 9.17) is 9.47 Å². The van der Waals surface area contributed by atoms with Gasteiger partial charge < -0.3 is 9.47 Å². The molecule has 0 aromatic heterocycles. The summed E-state index contributed by atoms with van der Waals surface area (Å²) in [5.41, 5.74) is 1.23. The van der Waals surface area contributed by atoms with Crippen LogP contribution in [0.5, 0.6) is 5.75 Å². The maximum Gasteiger partial charge on any atom is 0.197 e. The first-order chi connectivity index (χ1) is 6.58. The molecule has 1 atom stereocenters. The predicted octanol–water partition coefficient (Wildman–Crippen LogP) is 3.14. The van der Waals surface area contributed by atoms with Crippen LogP contribution in [0.25, 0.3) is 0 Å². The predicted molar refractivity (Wildman–Crippen MR) is 57.5 cm³/mol. The third-order valence-corrected chi connectivity index (χ3v) is 1.79. The van der Waals surface area contributed by atoms with E-state index in [1.54, 1.807) is 0 Å². The van der Waals surface area contributed by atoms with Gasteiger partial charge in [-0.05, 0) is 39.8 Å². The van der Waals surface area contributed by atoms with Gasteiger partial charge in [0.2, 0.25) is 0 Å². The van der Waals surface area contributed by atoms with Crippen molar-refractivity contribution in [2.24, 2.45) is 0 Å². The van der Waals surface area contributed by atoms with E-state index in [0.717, 1.165) is 5.75 Å². The van der Waals surface area contributed by atoms with Gasteiger partial charge in [0.15, 0.2) is 6.29 Å². The fourth-order valence-corrected chi connectivity index (χ4v) is 1.22. The molecule has 14 heavy (non-hydrogen) atoms. The lowest BCUT2D eigenvalue weighted by Crippen LogP contribution is -2.20. The standard InChI is InChI=1S/C12H18O2/c1-9(2)13-11(4)14-12-7-5-10(3)6-8-12/h5-9,11H,1-4H3. The minimum absolute atomic E-state index is 0.190. The van der Waals surface area contributed by atoms with E-state index in [-0.39, 0.29) is 12.4 Å². The molecule has 1 aromatic rings. The molecule has 0 radical (unpaired) electrons. The number of hydrogen-bond donors (Lipinski definition) is 0. The van der Waals surface area contributed by atoms with Gasteiger partial charge in [0.05, 0.1) is 6.10 Å². The summed E-state index contributed by atoms with van der Waals surface area (Å²) >= 11 is 0. The summed E-state index contributed by atoms with van der Waals surface area (Å²) < 4.78 is 11.0. The zero-order chi connectivity index (χ0) is 10.6.